The van der Waals surface area contributed by atoms with Gasteiger partial charge in [0.05, 0.1) is 11.2 Å². The number of morpholine rings is 1. The minimum Gasteiger partial charge on any atom is -0.367 e. The van der Waals surface area contributed by atoms with E-state index in [1.807, 2.05) is 0 Å². The molecular weight excluding hydrogens is 236 g/mol. The van der Waals surface area contributed by atoms with E-state index in [0.717, 1.165) is 13.1 Å². The summed E-state index contributed by atoms with van der Waals surface area (Å²) in [7, 11) is 0. The van der Waals surface area contributed by atoms with Crippen molar-refractivity contribution in [1.29, 1.82) is 0 Å². The number of nitrogens with zero attached hydrogens (tertiary/aromatic N) is 1. The highest BCUT2D eigenvalue weighted by atomic mass is 16.5. The standard InChI is InChI=1S/C16H32N2O/c1-6-16(7-9-17-10-8-16)13-18-11-14(2,3)19-15(4,5)12-18/h17H,6-13H2,1-5H3. The van der Waals surface area contributed by atoms with Crippen molar-refractivity contribution in [1.82, 2.24) is 10.2 Å². The van der Waals surface area contributed by atoms with Gasteiger partial charge in [0.2, 0.25) is 0 Å². The number of ether oxygens (including phenoxy) is 1. The summed E-state index contributed by atoms with van der Waals surface area (Å²) in [5.41, 5.74) is 0.474. The van der Waals surface area contributed by atoms with E-state index in [0.29, 0.717) is 5.41 Å². The summed E-state index contributed by atoms with van der Waals surface area (Å²) in [4.78, 5) is 2.65. The summed E-state index contributed by atoms with van der Waals surface area (Å²) in [5, 5.41) is 3.50. The Morgan fingerprint density at radius 2 is 1.53 bits per heavy atom. The van der Waals surface area contributed by atoms with Crippen molar-refractivity contribution in [3.05, 3.63) is 0 Å². The maximum Gasteiger partial charge on any atom is 0.0760 e. The van der Waals surface area contributed by atoms with Crippen molar-refractivity contribution in [2.24, 2.45) is 5.41 Å². The molecule has 0 aromatic heterocycles. The molecule has 0 aromatic carbocycles. The number of piperidine rings is 1. The van der Waals surface area contributed by atoms with Crippen LogP contribution in [0, 0.1) is 5.41 Å². The summed E-state index contributed by atoms with van der Waals surface area (Å²) in [6.07, 6.45) is 3.94. The second kappa shape index (κ2) is 5.34. The summed E-state index contributed by atoms with van der Waals surface area (Å²) >= 11 is 0. The van der Waals surface area contributed by atoms with Crippen molar-refractivity contribution in [2.75, 3.05) is 32.7 Å². The molecule has 2 aliphatic heterocycles. The fourth-order valence-corrected chi connectivity index (χ4v) is 4.11. The highest BCUT2D eigenvalue weighted by Gasteiger charge is 2.41. The molecule has 0 aromatic rings. The number of rotatable bonds is 3. The Morgan fingerprint density at radius 1 is 1.00 bits per heavy atom. The molecule has 0 bridgehead atoms. The summed E-state index contributed by atoms with van der Waals surface area (Å²) < 4.78 is 6.19. The Morgan fingerprint density at radius 3 is 2.00 bits per heavy atom. The third kappa shape index (κ3) is 3.93. The molecule has 112 valence electrons. The second-order valence-corrected chi connectivity index (χ2v) is 7.87. The lowest BCUT2D eigenvalue weighted by atomic mass is 9.75. The Kier molecular flexibility index (Phi) is 4.29. The van der Waals surface area contributed by atoms with Gasteiger partial charge in [-0.1, -0.05) is 6.92 Å². The largest absolute Gasteiger partial charge is 0.367 e. The Hall–Kier alpha value is -0.120. The van der Waals surface area contributed by atoms with Crippen LogP contribution in [0.4, 0.5) is 0 Å². The molecule has 0 unspecified atom stereocenters. The predicted molar refractivity (Wildman–Crippen MR) is 80.5 cm³/mol. The first-order chi connectivity index (χ1) is 8.76. The number of hydrogen-bond donors (Lipinski definition) is 1. The monoisotopic (exact) mass is 268 g/mol. The van der Waals surface area contributed by atoms with E-state index in [2.05, 4.69) is 44.8 Å². The van der Waals surface area contributed by atoms with Gasteiger partial charge < -0.3 is 10.1 Å². The first-order valence-corrected chi connectivity index (χ1v) is 7.89. The Labute approximate surface area is 119 Å². The maximum atomic E-state index is 6.19. The molecule has 0 spiro atoms. The van der Waals surface area contributed by atoms with Crippen LogP contribution in [0.3, 0.4) is 0 Å². The van der Waals surface area contributed by atoms with Gasteiger partial charge in [-0.2, -0.15) is 0 Å². The van der Waals surface area contributed by atoms with E-state index < -0.39 is 0 Å². The molecule has 1 N–H and O–H groups in total. The van der Waals surface area contributed by atoms with Crippen molar-refractivity contribution >= 4 is 0 Å². The Balaban J connectivity index is 2.04. The lowest BCUT2D eigenvalue weighted by Gasteiger charge is -2.50. The first-order valence-electron chi connectivity index (χ1n) is 7.89. The van der Waals surface area contributed by atoms with Gasteiger partial charge in [0, 0.05) is 19.6 Å². The van der Waals surface area contributed by atoms with Gasteiger partial charge in [-0.25, -0.2) is 0 Å². The predicted octanol–water partition coefficient (Wildman–Crippen LogP) is 2.66. The molecule has 0 aliphatic carbocycles. The van der Waals surface area contributed by atoms with Gasteiger partial charge in [-0.15, -0.1) is 0 Å². The molecule has 0 amide bonds. The van der Waals surface area contributed by atoms with Crippen LogP contribution in [-0.2, 0) is 4.74 Å². The molecule has 2 aliphatic rings. The van der Waals surface area contributed by atoms with Crippen molar-refractivity contribution in [3.8, 4) is 0 Å². The van der Waals surface area contributed by atoms with Crippen molar-refractivity contribution < 1.29 is 4.74 Å². The highest BCUT2D eigenvalue weighted by molar-refractivity contribution is 4.93. The summed E-state index contributed by atoms with van der Waals surface area (Å²) in [6.45, 7) is 17.0. The maximum absolute atomic E-state index is 6.19. The van der Waals surface area contributed by atoms with Gasteiger partial charge >= 0.3 is 0 Å². The molecule has 0 saturated carbocycles. The average Bonchev–Trinajstić information content (AvgIpc) is 2.25. The SMILES string of the molecule is CCC1(CN2CC(C)(C)OC(C)(C)C2)CCNCC1. The molecule has 0 atom stereocenters. The lowest BCUT2D eigenvalue weighted by molar-refractivity contribution is -0.185. The topological polar surface area (TPSA) is 24.5 Å². The van der Waals surface area contributed by atoms with Crippen LogP contribution in [0.2, 0.25) is 0 Å². The molecule has 2 rings (SSSR count). The smallest absolute Gasteiger partial charge is 0.0760 e. The van der Waals surface area contributed by atoms with Crippen molar-refractivity contribution in [2.45, 2.75) is 65.1 Å². The normalized spacial score (nSPS) is 30.2. The molecule has 0 radical (unpaired) electrons. The minimum absolute atomic E-state index is 0.0242. The van der Waals surface area contributed by atoms with E-state index in [9.17, 15) is 0 Å². The van der Waals surface area contributed by atoms with Crippen LogP contribution >= 0.6 is 0 Å². The number of hydrogen-bond acceptors (Lipinski definition) is 3. The van der Waals surface area contributed by atoms with E-state index in [1.165, 1.54) is 38.9 Å². The third-order valence-corrected chi connectivity index (χ3v) is 4.73. The highest BCUT2D eigenvalue weighted by Crippen LogP contribution is 2.36. The second-order valence-electron chi connectivity index (χ2n) is 7.87. The van der Waals surface area contributed by atoms with Gasteiger partial charge in [0.25, 0.3) is 0 Å². The van der Waals surface area contributed by atoms with Gasteiger partial charge in [-0.3, -0.25) is 4.90 Å². The zero-order chi connectivity index (χ0) is 14.1. The Bertz CT molecular complexity index is 290. The average molecular weight is 268 g/mol. The van der Waals surface area contributed by atoms with Gasteiger partial charge in [0.1, 0.15) is 0 Å². The van der Waals surface area contributed by atoms with E-state index >= 15 is 0 Å². The van der Waals surface area contributed by atoms with E-state index in [4.69, 9.17) is 4.74 Å². The lowest BCUT2D eigenvalue weighted by Crippen LogP contribution is -2.59. The molecule has 19 heavy (non-hydrogen) atoms. The third-order valence-electron chi connectivity index (χ3n) is 4.73. The van der Waals surface area contributed by atoms with Crippen LogP contribution < -0.4 is 5.32 Å². The van der Waals surface area contributed by atoms with Gasteiger partial charge in [-0.05, 0) is 65.5 Å². The quantitative estimate of drug-likeness (QED) is 0.851. The fourth-order valence-electron chi connectivity index (χ4n) is 4.11. The fraction of sp³-hybridized carbons (Fsp3) is 1.00. The van der Waals surface area contributed by atoms with Crippen LogP contribution in [0.1, 0.15) is 53.9 Å². The summed E-state index contributed by atoms with van der Waals surface area (Å²) in [6, 6.07) is 0. The zero-order valence-corrected chi connectivity index (χ0v) is 13.5. The molecular formula is C16H32N2O. The number of nitrogens with one attached hydrogen (secondary N) is 1. The molecule has 3 nitrogen and oxygen atoms in total. The van der Waals surface area contributed by atoms with E-state index in [1.54, 1.807) is 0 Å². The van der Waals surface area contributed by atoms with Crippen LogP contribution in [0.15, 0.2) is 0 Å². The summed E-state index contributed by atoms with van der Waals surface area (Å²) in [5.74, 6) is 0. The molecule has 2 saturated heterocycles. The molecule has 2 fully saturated rings. The minimum atomic E-state index is -0.0242. The van der Waals surface area contributed by atoms with E-state index in [-0.39, 0.29) is 11.2 Å². The molecule has 3 heteroatoms. The van der Waals surface area contributed by atoms with Crippen molar-refractivity contribution in [3.63, 3.8) is 0 Å². The zero-order valence-electron chi connectivity index (χ0n) is 13.5. The van der Waals surface area contributed by atoms with Gasteiger partial charge in [0.15, 0.2) is 0 Å². The van der Waals surface area contributed by atoms with Crippen LogP contribution in [0.25, 0.3) is 0 Å². The van der Waals surface area contributed by atoms with Crippen LogP contribution in [0.5, 0.6) is 0 Å². The van der Waals surface area contributed by atoms with Crippen LogP contribution in [-0.4, -0.2) is 48.8 Å². The molecule has 2 heterocycles. The first kappa shape index (κ1) is 15.3.